The van der Waals surface area contributed by atoms with E-state index in [0.717, 1.165) is 37.4 Å². The number of hydrogen-bond donors (Lipinski definition) is 2. The van der Waals surface area contributed by atoms with Gasteiger partial charge in [-0.25, -0.2) is 0 Å². The standard InChI is InChI=1S/C16H22N4/c1-11-7-12(2)9-13(8-11)15-10-16(19-18-15)20-5-3-14(17)4-6-20/h7-10,14H,3-6,17H2,1-2H3,(H,18,19). The number of aryl methyl sites for hydroxylation is 2. The molecule has 0 amide bonds. The number of nitrogens with one attached hydrogen (secondary N) is 1. The van der Waals surface area contributed by atoms with Crippen molar-refractivity contribution in [3.8, 4) is 11.3 Å². The van der Waals surface area contributed by atoms with Gasteiger partial charge in [0, 0.05) is 30.8 Å². The second-order valence-corrected chi connectivity index (χ2v) is 5.84. The minimum absolute atomic E-state index is 0.351. The first kappa shape index (κ1) is 13.2. The van der Waals surface area contributed by atoms with Crippen LogP contribution < -0.4 is 10.6 Å². The van der Waals surface area contributed by atoms with E-state index >= 15 is 0 Å². The molecule has 0 unspecified atom stereocenters. The van der Waals surface area contributed by atoms with Gasteiger partial charge in [0.2, 0.25) is 0 Å². The molecule has 20 heavy (non-hydrogen) atoms. The van der Waals surface area contributed by atoms with Crippen molar-refractivity contribution in [2.24, 2.45) is 5.73 Å². The van der Waals surface area contributed by atoms with Gasteiger partial charge in [-0.2, -0.15) is 5.10 Å². The number of benzene rings is 1. The molecule has 0 aliphatic carbocycles. The zero-order valence-electron chi connectivity index (χ0n) is 12.2. The molecule has 0 saturated carbocycles. The van der Waals surface area contributed by atoms with Crippen LogP contribution in [0.5, 0.6) is 0 Å². The Morgan fingerprint density at radius 2 is 1.75 bits per heavy atom. The molecule has 1 aliphatic heterocycles. The number of nitrogens with two attached hydrogens (primary N) is 1. The summed E-state index contributed by atoms with van der Waals surface area (Å²) in [6, 6.07) is 9.06. The Morgan fingerprint density at radius 3 is 2.40 bits per heavy atom. The highest BCUT2D eigenvalue weighted by molar-refractivity contribution is 5.64. The average molecular weight is 270 g/mol. The van der Waals surface area contributed by atoms with Crippen LogP contribution in [0.15, 0.2) is 24.3 Å². The molecular formula is C16H22N4. The van der Waals surface area contributed by atoms with Crippen LogP contribution >= 0.6 is 0 Å². The number of nitrogens with zero attached hydrogens (tertiary/aromatic N) is 2. The fraction of sp³-hybridized carbons (Fsp3) is 0.438. The van der Waals surface area contributed by atoms with E-state index in [4.69, 9.17) is 5.73 Å². The van der Waals surface area contributed by atoms with Gasteiger partial charge in [0.15, 0.2) is 5.82 Å². The third kappa shape index (κ3) is 2.70. The molecule has 0 atom stereocenters. The van der Waals surface area contributed by atoms with E-state index in [-0.39, 0.29) is 0 Å². The predicted octanol–water partition coefficient (Wildman–Crippen LogP) is 2.62. The smallest absolute Gasteiger partial charge is 0.150 e. The quantitative estimate of drug-likeness (QED) is 0.882. The molecule has 106 valence electrons. The SMILES string of the molecule is Cc1cc(C)cc(-c2cc(N3CCC(N)CC3)n[nH]2)c1. The fourth-order valence-electron chi connectivity index (χ4n) is 2.88. The first-order chi connectivity index (χ1) is 9.61. The lowest BCUT2D eigenvalue weighted by Gasteiger charge is -2.29. The highest BCUT2D eigenvalue weighted by Gasteiger charge is 2.18. The summed E-state index contributed by atoms with van der Waals surface area (Å²) in [5.41, 5.74) is 10.8. The Balaban J connectivity index is 1.83. The van der Waals surface area contributed by atoms with E-state index in [1.165, 1.54) is 16.7 Å². The lowest BCUT2D eigenvalue weighted by Crippen LogP contribution is -2.39. The lowest BCUT2D eigenvalue weighted by atomic mass is 10.0. The van der Waals surface area contributed by atoms with E-state index in [1.807, 2.05) is 0 Å². The maximum absolute atomic E-state index is 5.95. The molecule has 3 rings (SSSR count). The maximum Gasteiger partial charge on any atom is 0.150 e. The highest BCUT2D eigenvalue weighted by Crippen LogP contribution is 2.25. The molecule has 1 aliphatic rings. The largest absolute Gasteiger partial charge is 0.355 e. The molecule has 1 saturated heterocycles. The second kappa shape index (κ2) is 5.29. The van der Waals surface area contributed by atoms with E-state index in [1.54, 1.807) is 0 Å². The summed E-state index contributed by atoms with van der Waals surface area (Å²) in [6.45, 7) is 6.25. The first-order valence-electron chi connectivity index (χ1n) is 7.26. The Labute approximate surface area is 120 Å². The van der Waals surface area contributed by atoms with Crippen molar-refractivity contribution in [3.05, 3.63) is 35.4 Å². The normalized spacial score (nSPS) is 16.6. The highest BCUT2D eigenvalue weighted by atomic mass is 15.3. The van der Waals surface area contributed by atoms with Crippen molar-refractivity contribution >= 4 is 5.82 Å². The van der Waals surface area contributed by atoms with Crippen molar-refractivity contribution in [1.29, 1.82) is 0 Å². The number of hydrogen-bond acceptors (Lipinski definition) is 3. The summed E-state index contributed by atoms with van der Waals surface area (Å²) in [5, 5.41) is 7.62. The summed E-state index contributed by atoms with van der Waals surface area (Å²) in [6.07, 6.45) is 2.09. The lowest BCUT2D eigenvalue weighted by molar-refractivity contribution is 0.498. The second-order valence-electron chi connectivity index (χ2n) is 5.84. The van der Waals surface area contributed by atoms with Crippen LogP contribution in [0.4, 0.5) is 5.82 Å². The van der Waals surface area contributed by atoms with Gasteiger partial charge < -0.3 is 10.6 Å². The molecule has 4 heteroatoms. The average Bonchev–Trinajstić information content (AvgIpc) is 2.88. The molecule has 2 aromatic rings. The number of aromatic amines is 1. The zero-order chi connectivity index (χ0) is 14.1. The van der Waals surface area contributed by atoms with Gasteiger partial charge in [0.25, 0.3) is 0 Å². The van der Waals surface area contributed by atoms with Gasteiger partial charge >= 0.3 is 0 Å². The summed E-state index contributed by atoms with van der Waals surface area (Å²) < 4.78 is 0. The molecule has 4 nitrogen and oxygen atoms in total. The van der Waals surface area contributed by atoms with Crippen molar-refractivity contribution in [1.82, 2.24) is 10.2 Å². The number of rotatable bonds is 2. The summed E-state index contributed by atoms with van der Waals surface area (Å²) >= 11 is 0. The Kier molecular flexibility index (Phi) is 3.49. The molecule has 3 N–H and O–H groups in total. The molecule has 1 fully saturated rings. The first-order valence-corrected chi connectivity index (χ1v) is 7.26. The van der Waals surface area contributed by atoms with Crippen LogP contribution in [0.25, 0.3) is 11.3 Å². The predicted molar refractivity (Wildman–Crippen MR) is 82.9 cm³/mol. The van der Waals surface area contributed by atoms with E-state index in [0.29, 0.717) is 6.04 Å². The van der Waals surface area contributed by atoms with Crippen LogP contribution in [0.3, 0.4) is 0 Å². The van der Waals surface area contributed by atoms with E-state index in [2.05, 4.69) is 53.2 Å². The number of H-pyrrole nitrogens is 1. The van der Waals surface area contributed by atoms with Crippen LogP contribution in [-0.4, -0.2) is 29.3 Å². The molecule has 0 bridgehead atoms. The third-order valence-electron chi connectivity index (χ3n) is 3.96. The van der Waals surface area contributed by atoms with Gasteiger partial charge in [-0.1, -0.05) is 17.2 Å². The zero-order valence-corrected chi connectivity index (χ0v) is 12.2. The van der Waals surface area contributed by atoms with Crippen molar-refractivity contribution in [2.45, 2.75) is 32.7 Å². The minimum atomic E-state index is 0.351. The van der Waals surface area contributed by atoms with Gasteiger partial charge in [-0.05, 0) is 38.8 Å². The molecule has 0 spiro atoms. The van der Waals surface area contributed by atoms with Crippen LogP contribution in [-0.2, 0) is 0 Å². The molecule has 1 aromatic carbocycles. The van der Waals surface area contributed by atoms with E-state index < -0.39 is 0 Å². The van der Waals surface area contributed by atoms with Crippen LogP contribution in [0.1, 0.15) is 24.0 Å². The topological polar surface area (TPSA) is 57.9 Å². The fourth-order valence-corrected chi connectivity index (χ4v) is 2.88. The van der Waals surface area contributed by atoms with Crippen molar-refractivity contribution in [2.75, 3.05) is 18.0 Å². The van der Waals surface area contributed by atoms with Crippen molar-refractivity contribution < 1.29 is 0 Å². The number of piperidine rings is 1. The monoisotopic (exact) mass is 270 g/mol. The van der Waals surface area contributed by atoms with Gasteiger partial charge in [0.1, 0.15) is 0 Å². The van der Waals surface area contributed by atoms with Crippen molar-refractivity contribution in [3.63, 3.8) is 0 Å². The minimum Gasteiger partial charge on any atom is -0.355 e. The van der Waals surface area contributed by atoms with Gasteiger partial charge in [-0.15, -0.1) is 0 Å². The van der Waals surface area contributed by atoms with Crippen LogP contribution in [0.2, 0.25) is 0 Å². The third-order valence-corrected chi connectivity index (χ3v) is 3.96. The van der Waals surface area contributed by atoms with Gasteiger partial charge in [0.05, 0.1) is 5.69 Å². The Hall–Kier alpha value is -1.81. The summed E-state index contributed by atoms with van der Waals surface area (Å²) in [5.74, 6) is 1.03. The maximum atomic E-state index is 5.95. The Morgan fingerprint density at radius 1 is 1.10 bits per heavy atom. The number of aromatic nitrogens is 2. The summed E-state index contributed by atoms with van der Waals surface area (Å²) in [4.78, 5) is 2.31. The molecule has 0 radical (unpaired) electrons. The summed E-state index contributed by atoms with van der Waals surface area (Å²) in [7, 11) is 0. The van der Waals surface area contributed by atoms with Gasteiger partial charge in [-0.3, -0.25) is 5.10 Å². The van der Waals surface area contributed by atoms with Crippen LogP contribution in [0, 0.1) is 13.8 Å². The molecular weight excluding hydrogens is 248 g/mol. The number of anilines is 1. The van der Waals surface area contributed by atoms with E-state index in [9.17, 15) is 0 Å². The Bertz CT molecular complexity index is 574. The molecule has 2 heterocycles. The molecule has 1 aromatic heterocycles.